The van der Waals surface area contributed by atoms with Crippen LogP contribution < -0.4 is 0 Å². The molecule has 2 aliphatic carbocycles. The third kappa shape index (κ3) is 3.70. The average Bonchev–Trinajstić information content (AvgIpc) is 3.43. The second kappa shape index (κ2) is 7.66. The molecule has 1 fully saturated rings. The van der Waals surface area contributed by atoms with E-state index in [4.69, 9.17) is 0 Å². The van der Waals surface area contributed by atoms with Crippen molar-refractivity contribution < 1.29 is 4.79 Å². The summed E-state index contributed by atoms with van der Waals surface area (Å²) in [6.07, 6.45) is 9.09. The third-order valence-electron chi connectivity index (χ3n) is 4.89. The molecule has 1 aromatic carbocycles. The minimum atomic E-state index is 0.200. The van der Waals surface area contributed by atoms with Crippen molar-refractivity contribution in [1.82, 2.24) is 19.7 Å². The highest BCUT2D eigenvalue weighted by Crippen LogP contribution is 2.34. The lowest BCUT2D eigenvalue weighted by atomic mass is 10.0. The zero-order valence-electron chi connectivity index (χ0n) is 15.1. The van der Waals surface area contributed by atoms with E-state index in [0.29, 0.717) is 11.8 Å². The lowest BCUT2D eigenvalue weighted by Gasteiger charge is -2.27. The van der Waals surface area contributed by atoms with E-state index in [9.17, 15) is 4.79 Å². The highest BCUT2D eigenvalue weighted by atomic mass is 32.2. The second-order valence-electron chi connectivity index (χ2n) is 6.93. The Balaban J connectivity index is 1.49. The lowest BCUT2D eigenvalue weighted by molar-refractivity contribution is -0.127. The molecule has 0 bridgehead atoms. The van der Waals surface area contributed by atoms with Crippen LogP contribution in [0.3, 0.4) is 0 Å². The molecule has 0 saturated heterocycles. The second-order valence-corrected chi connectivity index (χ2v) is 7.87. The Morgan fingerprint density at radius 2 is 2.04 bits per heavy atom. The SMILES string of the molecule is Cc1nnc(SCC(=O)N(C2=CCCCC2)C2CC2)n1-c1ccccc1. The number of thioether (sulfide) groups is 1. The summed E-state index contributed by atoms with van der Waals surface area (Å²) in [4.78, 5) is 15.0. The van der Waals surface area contributed by atoms with Crippen molar-refractivity contribution in [3.05, 3.63) is 47.9 Å². The molecule has 1 heterocycles. The number of aromatic nitrogens is 3. The molecule has 26 heavy (non-hydrogen) atoms. The van der Waals surface area contributed by atoms with Gasteiger partial charge in [-0.15, -0.1) is 10.2 Å². The first-order chi connectivity index (χ1) is 12.7. The van der Waals surface area contributed by atoms with Crippen molar-refractivity contribution in [3.8, 4) is 5.69 Å². The summed E-state index contributed by atoms with van der Waals surface area (Å²) in [7, 11) is 0. The first-order valence-corrected chi connectivity index (χ1v) is 10.3. The van der Waals surface area contributed by atoms with Gasteiger partial charge in [0.25, 0.3) is 0 Å². The van der Waals surface area contributed by atoms with E-state index in [1.165, 1.54) is 30.3 Å². The predicted molar refractivity (Wildman–Crippen MR) is 103 cm³/mol. The van der Waals surface area contributed by atoms with Gasteiger partial charge in [0.15, 0.2) is 5.16 Å². The molecule has 5 nitrogen and oxygen atoms in total. The van der Waals surface area contributed by atoms with Gasteiger partial charge in [-0.05, 0) is 57.6 Å². The Kier molecular flexibility index (Phi) is 5.11. The number of aryl methyl sites for hydroxylation is 1. The fourth-order valence-electron chi connectivity index (χ4n) is 3.48. The summed E-state index contributed by atoms with van der Waals surface area (Å²) in [5.41, 5.74) is 2.27. The molecule has 2 aliphatic rings. The fourth-order valence-corrected chi connectivity index (χ4v) is 4.33. The molecule has 0 unspecified atom stereocenters. The number of carbonyl (C=O) groups is 1. The van der Waals surface area contributed by atoms with Gasteiger partial charge < -0.3 is 4.90 Å². The van der Waals surface area contributed by atoms with Gasteiger partial charge in [-0.1, -0.05) is 36.0 Å². The van der Waals surface area contributed by atoms with Crippen molar-refractivity contribution >= 4 is 17.7 Å². The number of allylic oxidation sites excluding steroid dienone is 2. The van der Waals surface area contributed by atoms with Crippen molar-refractivity contribution in [2.45, 2.75) is 56.6 Å². The van der Waals surface area contributed by atoms with E-state index < -0.39 is 0 Å². The summed E-state index contributed by atoms with van der Waals surface area (Å²) < 4.78 is 2.01. The lowest BCUT2D eigenvalue weighted by Crippen LogP contribution is -2.34. The maximum Gasteiger partial charge on any atom is 0.237 e. The largest absolute Gasteiger partial charge is 0.313 e. The fraction of sp³-hybridized carbons (Fsp3) is 0.450. The average molecular weight is 369 g/mol. The van der Waals surface area contributed by atoms with E-state index in [-0.39, 0.29) is 5.91 Å². The number of hydrogen-bond acceptors (Lipinski definition) is 4. The molecule has 2 aromatic rings. The molecule has 0 aliphatic heterocycles. The molecule has 1 aromatic heterocycles. The van der Waals surface area contributed by atoms with Crippen LogP contribution in [0.4, 0.5) is 0 Å². The molecule has 136 valence electrons. The predicted octanol–water partition coefficient (Wildman–Crippen LogP) is 4.12. The maximum atomic E-state index is 13.0. The number of hydrogen-bond donors (Lipinski definition) is 0. The van der Waals surface area contributed by atoms with Crippen LogP contribution in [0.15, 0.2) is 47.3 Å². The number of amides is 1. The Labute approximate surface area is 158 Å². The van der Waals surface area contributed by atoms with E-state index in [1.54, 1.807) is 0 Å². The van der Waals surface area contributed by atoms with E-state index >= 15 is 0 Å². The summed E-state index contributed by atoms with van der Waals surface area (Å²) in [6.45, 7) is 1.94. The van der Waals surface area contributed by atoms with Gasteiger partial charge >= 0.3 is 0 Å². The van der Waals surface area contributed by atoms with Gasteiger partial charge in [0.2, 0.25) is 5.91 Å². The minimum absolute atomic E-state index is 0.200. The van der Waals surface area contributed by atoms with Crippen LogP contribution in [0, 0.1) is 6.92 Å². The van der Waals surface area contributed by atoms with Gasteiger partial charge in [-0.2, -0.15) is 0 Å². The van der Waals surface area contributed by atoms with Crippen molar-refractivity contribution in [1.29, 1.82) is 0 Å². The highest BCUT2D eigenvalue weighted by molar-refractivity contribution is 7.99. The smallest absolute Gasteiger partial charge is 0.237 e. The van der Waals surface area contributed by atoms with Crippen LogP contribution in [0.25, 0.3) is 5.69 Å². The minimum Gasteiger partial charge on any atom is -0.313 e. The zero-order valence-corrected chi connectivity index (χ0v) is 15.9. The topological polar surface area (TPSA) is 51.0 Å². The molecular formula is C20H24N4OS. The van der Waals surface area contributed by atoms with Gasteiger partial charge in [-0.25, -0.2) is 0 Å². The van der Waals surface area contributed by atoms with Crippen molar-refractivity contribution in [3.63, 3.8) is 0 Å². The molecule has 0 atom stereocenters. The maximum absolute atomic E-state index is 13.0. The van der Waals surface area contributed by atoms with E-state index in [1.807, 2.05) is 41.8 Å². The van der Waals surface area contributed by atoms with E-state index in [0.717, 1.165) is 42.4 Å². The number of para-hydroxylation sites is 1. The number of carbonyl (C=O) groups excluding carboxylic acids is 1. The Morgan fingerprint density at radius 3 is 2.73 bits per heavy atom. The summed E-state index contributed by atoms with van der Waals surface area (Å²) >= 11 is 1.48. The van der Waals surface area contributed by atoms with Gasteiger partial charge in [0.05, 0.1) is 5.75 Å². The molecule has 0 radical (unpaired) electrons. The first-order valence-electron chi connectivity index (χ1n) is 9.35. The Morgan fingerprint density at radius 1 is 1.23 bits per heavy atom. The molecule has 1 saturated carbocycles. The third-order valence-corrected chi connectivity index (χ3v) is 5.81. The van der Waals surface area contributed by atoms with E-state index in [2.05, 4.69) is 21.2 Å². The zero-order chi connectivity index (χ0) is 17.9. The number of rotatable bonds is 6. The van der Waals surface area contributed by atoms with Crippen LogP contribution in [0.5, 0.6) is 0 Å². The molecule has 6 heteroatoms. The first kappa shape index (κ1) is 17.3. The van der Waals surface area contributed by atoms with Crippen LogP contribution in [-0.2, 0) is 4.79 Å². The van der Waals surface area contributed by atoms with Crippen LogP contribution in [-0.4, -0.2) is 37.4 Å². The molecule has 0 N–H and O–H groups in total. The summed E-state index contributed by atoms with van der Waals surface area (Å²) in [5.74, 6) is 1.44. The molecular weight excluding hydrogens is 344 g/mol. The molecule has 4 rings (SSSR count). The number of benzene rings is 1. The van der Waals surface area contributed by atoms with Crippen LogP contribution in [0.2, 0.25) is 0 Å². The van der Waals surface area contributed by atoms with Crippen LogP contribution in [0.1, 0.15) is 44.3 Å². The highest BCUT2D eigenvalue weighted by Gasteiger charge is 2.35. The summed E-state index contributed by atoms with van der Waals surface area (Å²) in [5, 5.41) is 9.27. The van der Waals surface area contributed by atoms with Gasteiger partial charge in [-0.3, -0.25) is 9.36 Å². The van der Waals surface area contributed by atoms with Crippen molar-refractivity contribution in [2.75, 3.05) is 5.75 Å². The molecule has 1 amide bonds. The summed E-state index contributed by atoms with van der Waals surface area (Å²) in [6, 6.07) is 10.5. The standard InChI is InChI=1S/C20H24N4OS/c1-15-21-22-20(23(15)16-8-4-2-5-9-16)26-14-19(25)24(18-12-13-18)17-10-6-3-7-11-17/h2,4-5,8-10,18H,3,6-7,11-14H2,1H3. The normalized spacial score (nSPS) is 17.0. The monoisotopic (exact) mass is 368 g/mol. The van der Waals surface area contributed by atoms with Crippen molar-refractivity contribution in [2.24, 2.45) is 0 Å². The van der Waals surface area contributed by atoms with Gasteiger partial charge in [0, 0.05) is 17.4 Å². The quantitative estimate of drug-likeness (QED) is 0.720. The van der Waals surface area contributed by atoms with Gasteiger partial charge in [0.1, 0.15) is 5.82 Å². The van der Waals surface area contributed by atoms with Crippen LogP contribution >= 0.6 is 11.8 Å². The molecule has 0 spiro atoms. The Hall–Kier alpha value is -2.08. The number of nitrogens with zero attached hydrogens (tertiary/aromatic N) is 4. The Bertz CT molecular complexity index is 810.